The highest BCUT2D eigenvalue weighted by Crippen LogP contribution is 2.21. The van der Waals surface area contributed by atoms with Crippen molar-refractivity contribution in [2.24, 2.45) is 0 Å². The summed E-state index contributed by atoms with van der Waals surface area (Å²) in [5.41, 5.74) is 1.08. The minimum absolute atomic E-state index is 0.0781. The standard InChI is InChI=1S/C10H12NO2/c12-9-3-1-8(2-4-9)10-7-11-5-6-13-10/h1-4,10,12H,5-7H2. The third-order valence-corrected chi connectivity index (χ3v) is 2.13. The van der Waals surface area contributed by atoms with Crippen molar-refractivity contribution < 1.29 is 9.84 Å². The maximum Gasteiger partial charge on any atom is 0.115 e. The maximum atomic E-state index is 9.09. The van der Waals surface area contributed by atoms with Gasteiger partial charge in [0.05, 0.1) is 12.7 Å². The van der Waals surface area contributed by atoms with Crippen molar-refractivity contribution in [2.45, 2.75) is 6.10 Å². The monoisotopic (exact) mass is 178 g/mol. The number of aromatic hydroxyl groups is 1. The number of rotatable bonds is 1. The Morgan fingerprint density at radius 2 is 2.08 bits per heavy atom. The number of ether oxygens (including phenoxy) is 1. The van der Waals surface area contributed by atoms with Gasteiger partial charge in [0.1, 0.15) is 5.75 Å². The number of phenolic OH excluding ortho intramolecular Hbond substituents is 1. The fourth-order valence-electron chi connectivity index (χ4n) is 1.41. The second kappa shape index (κ2) is 3.77. The predicted octanol–water partition coefficient (Wildman–Crippen LogP) is 1.07. The smallest absolute Gasteiger partial charge is 0.115 e. The molecule has 0 saturated carbocycles. The lowest BCUT2D eigenvalue weighted by molar-refractivity contribution is 0.0260. The van der Waals surface area contributed by atoms with E-state index in [1.807, 2.05) is 12.1 Å². The summed E-state index contributed by atoms with van der Waals surface area (Å²) in [4.78, 5) is 0. The van der Waals surface area contributed by atoms with Crippen LogP contribution in [0, 0.1) is 0 Å². The zero-order valence-corrected chi connectivity index (χ0v) is 7.31. The molecule has 1 aromatic carbocycles. The summed E-state index contributed by atoms with van der Waals surface area (Å²) in [5.74, 6) is 0.288. The average molecular weight is 178 g/mol. The SMILES string of the molecule is Oc1ccc(C2C[N]CCO2)cc1. The molecule has 1 heterocycles. The highest BCUT2D eigenvalue weighted by Gasteiger charge is 2.15. The Labute approximate surface area is 77.3 Å². The number of benzene rings is 1. The van der Waals surface area contributed by atoms with Crippen LogP contribution < -0.4 is 5.32 Å². The van der Waals surface area contributed by atoms with E-state index in [1.165, 1.54) is 0 Å². The summed E-state index contributed by atoms with van der Waals surface area (Å²) in [6.45, 7) is 2.23. The largest absolute Gasteiger partial charge is 0.508 e. The Bertz CT molecular complexity index is 265. The average Bonchev–Trinajstić information content (AvgIpc) is 2.20. The molecule has 1 aromatic rings. The highest BCUT2D eigenvalue weighted by molar-refractivity contribution is 5.27. The maximum absolute atomic E-state index is 9.09. The molecule has 1 N–H and O–H groups in total. The van der Waals surface area contributed by atoms with E-state index in [4.69, 9.17) is 9.84 Å². The highest BCUT2D eigenvalue weighted by atomic mass is 16.5. The molecule has 3 nitrogen and oxygen atoms in total. The number of hydrogen-bond donors (Lipinski definition) is 1. The lowest BCUT2D eigenvalue weighted by atomic mass is 10.1. The predicted molar refractivity (Wildman–Crippen MR) is 48.7 cm³/mol. The van der Waals surface area contributed by atoms with Crippen molar-refractivity contribution in [3.05, 3.63) is 29.8 Å². The van der Waals surface area contributed by atoms with E-state index in [0.29, 0.717) is 6.61 Å². The van der Waals surface area contributed by atoms with E-state index in [2.05, 4.69) is 5.32 Å². The van der Waals surface area contributed by atoms with Crippen LogP contribution in [0.25, 0.3) is 0 Å². The third-order valence-electron chi connectivity index (χ3n) is 2.13. The van der Waals surface area contributed by atoms with Crippen LogP contribution in [-0.4, -0.2) is 24.8 Å². The van der Waals surface area contributed by atoms with Crippen molar-refractivity contribution in [1.29, 1.82) is 0 Å². The Morgan fingerprint density at radius 1 is 1.31 bits per heavy atom. The number of nitrogens with zero attached hydrogens (tertiary/aromatic N) is 1. The second-order valence-corrected chi connectivity index (χ2v) is 3.08. The Balaban J connectivity index is 2.10. The first-order valence-electron chi connectivity index (χ1n) is 4.40. The summed E-state index contributed by atoms with van der Waals surface area (Å²) in [7, 11) is 0. The van der Waals surface area contributed by atoms with Gasteiger partial charge in [-0.15, -0.1) is 0 Å². The van der Waals surface area contributed by atoms with Gasteiger partial charge in [-0.25, -0.2) is 5.32 Å². The number of morpholine rings is 1. The Kier molecular flexibility index (Phi) is 2.47. The van der Waals surface area contributed by atoms with Gasteiger partial charge in [0, 0.05) is 13.1 Å². The minimum atomic E-state index is 0.0781. The van der Waals surface area contributed by atoms with Crippen LogP contribution in [0.2, 0.25) is 0 Å². The normalized spacial score (nSPS) is 22.9. The Morgan fingerprint density at radius 3 is 2.69 bits per heavy atom. The Hall–Kier alpha value is -1.06. The molecule has 1 fully saturated rings. The molecular formula is C10H12NO2. The van der Waals surface area contributed by atoms with Gasteiger partial charge in [0.2, 0.25) is 0 Å². The fraction of sp³-hybridized carbons (Fsp3) is 0.400. The molecule has 0 amide bonds. The molecule has 13 heavy (non-hydrogen) atoms. The molecule has 0 aromatic heterocycles. The van der Waals surface area contributed by atoms with E-state index in [-0.39, 0.29) is 11.9 Å². The van der Waals surface area contributed by atoms with Gasteiger partial charge < -0.3 is 9.84 Å². The molecule has 1 aliphatic heterocycles. The molecule has 2 rings (SSSR count). The van der Waals surface area contributed by atoms with Gasteiger partial charge in [-0.2, -0.15) is 0 Å². The van der Waals surface area contributed by atoms with Crippen LogP contribution in [0.3, 0.4) is 0 Å². The third kappa shape index (κ3) is 1.99. The minimum Gasteiger partial charge on any atom is -0.508 e. The van der Waals surface area contributed by atoms with Crippen LogP contribution in [-0.2, 0) is 4.74 Å². The van der Waals surface area contributed by atoms with Crippen LogP contribution >= 0.6 is 0 Å². The molecule has 1 aliphatic rings. The number of hydrogen-bond acceptors (Lipinski definition) is 2. The van der Waals surface area contributed by atoms with Gasteiger partial charge in [0.25, 0.3) is 0 Å². The second-order valence-electron chi connectivity index (χ2n) is 3.08. The zero-order chi connectivity index (χ0) is 9.10. The molecule has 1 saturated heterocycles. The first kappa shape index (κ1) is 8.53. The van der Waals surface area contributed by atoms with Gasteiger partial charge in [-0.3, -0.25) is 0 Å². The molecule has 0 aliphatic carbocycles. The molecule has 0 bridgehead atoms. The van der Waals surface area contributed by atoms with Crippen LogP contribution in [0.1, 0.15) is 11.7 Å². The van der Waals surface area contributed by atoms with E-state index in [0.717, 1.165) is 18.7 Å². The van der Waals surface area contributed by atoms with Crippen molar-refractivity contribution in [3.63, 3.8) is 0 Å². The molecule has 1 radical (unpaired) electrons. The molecule has 1 unspecified atom stereocenters. The summed E-state index contributed by atoms with van der Waals surface area (Å²) < 4.78 is 5.53. The zero-order valence-electron chi connectivity index (χ0n) is 7.31. The molecule has 1 atom stereocenters. The quantitative estimate of drug-likeness (QED) is 0.699. The summed E-state index contributed by atoms with van der Waals surface area (Å²) in [5, 5.41) is 13.4. The van der Waals surface area contributed by atoms with Gasteiger partial charge in [-0.05, 0) is 17.7 Å². The lowest BCUT2D eigenvalue weighted by Crippen LogP contribution is -2.28. The van der Waals surface area contributed by atoms with Crippen LogP contribution in [0.15, 0.2) is 24.3 Å². The van der Waals surface area contributed by atoms with Crippen molar-refractivity contribution in [2.75, 3.05) is 19.7 Å². The van der Waals surface area contributed by atoms with E-state index in [9.17, 15) is 0 Å². The van der Waals surface area contributed by atoms with Crippen molar-refractivity contribution in [3.8, 4) is 5.75 Å². The van der Waals surface area contributed by atoms with Crippen LogP contribution in [0.4, 0.5) is 0 Å². The van der Waals surface area contributed by atoms with E-state index < -0.39 is 0 Å². The van der Waals surface area contributed by atoms with Crippen LogP contribution in [0.5, 0.6) is 5.75 Å². The first-order valence-corrected chi connectivity index (χ1v) is 4.40. The van der Waals surface area contributed by atoms with Crippen molar-refractivity contribution >= 4 is 0 Å². The topological polar surface area (TPSA) is 43.6 Å². The molecule has 3 heteroatoms. The summed E-state index contributed by atoms with van der Waals surface area (Å²) in [6, 6.07) is 7.10. The van der Waals surface area contributed by atoms with Crippen molar-refractivity contribution in [1.82, 2.24) is 5.32 Å². The van der Waals surface area contributed by atoms with Gasteiger partial charge in [0.15, 0.2) is 0 Å². The summed E-state index contributed by atoms with van der Waals surface area (Å²) in [6.07, 6.45) is 0.0781. The summed E-state index contributed by atoms with van der Waals surface area (Å²) >= 11 is 0. The van der Waals surface area contributed by atoms with Gasteiger partial charge >= 0.3 is 0 Å². The number of phenols is 1. The van der Waals surface area contributed by atoms with Gasteiger partial charge in [-0.1, -0.05) is 12.1 Å². The lowest BCUT2D eigenvalue weighted by Gasteiger charge is -2.22. The first-order chi connectivity index (χ1) is 6.36. The van der Waals surface area contributed by atoms with E-state index >= 15 is 0 Å². The van der Waals surface area contributed by atoms with E-state index in [1.54, 1.807) is 12.1 Å². The fourth-order valence-corrected chi connectivity index (χ4v) is 1.41. The molecule has 0 spiro atoms. The molecular weight excluding hydrogens is 166 g/mol. The molecule has 69 valence electrons.